The van der Waals surface area contributed by atoms with Gasteiger partial charge in [-0.1, -0.05) is 6.07 Å². The first-order valence-corrected chi connectivity index (χ1v) is 8.58. The van der Waals surface area contributed by atoms with E-state index < -0.39 is 0 Å². The molecule has 1 fully saturated rings. The van der Waals surface area contributed by atoms with Gasteiger partial charge in [0.1, 0.15) is 0 Å². The van der Waals surface area contributed by atoms with Crippen LogP contribution in [0.5, 0.6) is 11.5 Å². The van der Waals surface area contributed by atoms with E-state index in [4.69, 9.17) is 9.47 Å². The molecule has 0 saturated carbocycles. The standard InChI is InChI=1S/C19H26N2O4/c1-4-25-16-9-7-14(12-17(16)24-3)8-10-18(22)21-11-5-6-15(13-21)19(23)20-2/h7-10,12,15H,4-6,11,13H2,1-3H3,(H,20,23)/b10-8-/t15-/m1/s1. The number of rotatable bonds is 6. The van der Waals surface area contributed by atoms with Crippen molar-refractivity contribution in [2.75, 3.05) is 33.9 Å². The van der Waals surface area contributed by atoms with Crippen molar-refractivity contribution in [3.8, 4) is 11.5 Å². The normalized spacial score (nSPS) is 17.4. The maximum Gasteiger partial charge on any atom is 0.246 e. The van der Waals surface area contributed by atoms with E-state index >= 15 is 0 Å². The van der Waals surface area contributed by atoms with E-state index in [0.29, 0.717) is 31.2 Å². The fraction of sp³-hybridized carbons (Fsp3) is 0.474. The number of amides is 2. The lowest BCUT2D eigenvalue weighted by molar-refractivity contribution is -0.131. The number of ether oxygens (including phenoxy) is 2. The second-order valence-electron chi connectivity index (χ2n) is 5.91. The van der Waals surface area contributed by atoms with Crippen molar-refractivity contribution < 1.29 is 19.1 Å². The molecule has 1 heterocycles. The van der Waals surface area contributed by atoms with Crippen molar-refractivity contribution in [3.05, 3.63) is 29.8 Å². The van der Waals surface area contributed by atoms with E-state index in [-0.39, 0.29) is 17.7 Å². The summed E-state index contributed by atoms with van der Waals surface area (Å²) < 4.78 is 10.8. The Balaban J connectivity index is 2.03. The molecule has 0 radical (unpaired) electrons. The zero-order chi connectivity index (χ0) is 18.2. The zero-order valence-electron chi connectivity index (χ0n) is 15.1. The first kappa shape index (κ1) is 18.8. The summed E-state index contributed by atoms with van der Waals surface area (Å²) >= 11 is 0. The highest BCUT2D eigenvalue weighted by atomic mass is 16.5. The minimum atomic E-state index is -0.123. The molecule has 0 bridgehead atoms. The monoisotopic (exact) mass is 346 g/mol. The maximum absolute atomic E-state index is 12.4. The molecular weight excluding hydrogens is 320 g/mol. The highest BCUT2D eigenvalue weighted by Gasteiger charge is 2.26. The molecule has 136 valence electrons. The fourth-order valence-electron chi connectivity index (χ4n) is 2.93. The number of hydrogen-bond donors (Lipinski definition) is 1. The van der Waals surface area contributed by atoms with Crippen LogP contribution in [0.25, 0.3) is 6.08 Å². The van der Waals surface area contributed by atoms with Crippen LogP contribution in [0.15, 0.2) is 24.3 Å². The first-order valence-electron chi connectivity index (χ1n) is 8.58. The Hall–Kier alpha value is -2.50. The van der Waals surface area contributed by atoms with Crippen molar-refractivity contribution in [2.24, 2.45) is 5.92 Å². The Kier molecular flexibility index (Phi) is 6.86. The number of methoxy groups -OCH3 is 1. The topological polar surface area (TPSA) is 67.9 Å². The number of benzene rings is 1. The average Bonchev–Trinajstić information content (AvgIpc) is 2.66. The van der Waals surface area contributed by atoms with Crippen LogP contribution in [-0.4, -0.2) is 50.6 Å². The van der Waals surface area contributed by atoms with Gasteiger partial charge in [0.15, 0.2) is 11.5 Å². The number of likely N-dealkylation sites (tertiary alicyclic amines) is 1. The molecule has 1 atom stereocenters. The number of hydrogen-bond acceptors (Lipinski definition) is 4. The van der Waals surface area contributed by atoms with Gasteiger partial charge in [-0.15, -0.1) is 0 Å². The number of carbonyl (C=O) groups is 2. The van der Waals surface area contributed by atoms with Gasteiger partial charge in [-0.3, -0.25) is 9.59 Å². The summed E-state index contributed by atoms with van der Waals surface area (Å²) in [6.45, 7) is 3.63. The van der Waals surface area contributed by atoms with Gasteiger partial charge in [0, 0.05) is 26.2 Å². The molecule has 1 N–H and O–H groups in total. The van der Waals surface area contributed by atoms with Gasteiger partial charge >= 0.3 is 0 Å². The summed E-state index contributed by atoms with van der Waals surface area (Å²) in [4.78, 5) is 25.9. The summed E-state index contributed by atoms with van der Waals surface area (Å²) in [5.41, 5.74) is 0.855. The molecule has 6 nitrogen and oxygen atoms in total. The molecule has 0 unspecified atom stereocenters. The van der Waals surface area contributed by atoms with Crippen LogP contribution < -0.4 is 14.8 Å². The maximum atomic E-state index is 12.4. The van der Waals surface area contributed by atoms with E-state index in [1.165, 1.54) is 0 Å². The van der Waals surface area contributed by atoms with E-state index in [1.54, 1.807) is 31.2 Å². The second-order valence-corrected chi connectivity index (χ2v) is 5.91. The first-order chi connectivity index (χ1) is 12.1. The SMILES string of the molecule is CCOc1ccc(/C=C\C(=O)N2CCC[C@@H](C(=O)NC)C2)cc1OC. The molecule has 1 aromatic rings. The van der Waals surface area contributed by atoms with Gasteiger partial charge < -0.3 is 19.7 Å². The van der Waals surface area contributed by atoms with Crippen molar-refractivity contribution >= 4 is 17.9 Å². The third-order valence-electron chi connectivity index (χ3n) is 4.26. The summed E-state index contributed by atoms with van der Waals surface area (Å²) in [7, 11) is 3.21. The highest BCUT2D eigenvalue weighted by molar-refractivity contribution is 5.92. The highest BCUT2D eigenvalue weighted by Crippen LogP contribution is 2.28. The van der Waals surface area contributed by atoms with E-state index in [9.17, 15) is 9.59 Å². The minimum Gasteiger partial charge on any atom is -0.493 e. The smallest absolute Gasteiger partial charge is 0.246 e. The molecule has 1 saturated heterocycles. The summed E-state index contributed by atoms with van der Waals surface area (Å²) in [5.74, 6) is 1.10. The molecule has 0 aliphatic carbocycles. The Morgan fingerprint density at radius 2 is 2.16 bits per heavy atom. The minimum absolute atomic E-state index is 0.00210. The average molecular weight is 346 g/mol. The van der Waals surface area contributed by atoms with Crippen LogP contribution in [0.1, 0.15) is 25.3 Å². The van der Waals surface area contributed by atoms with Gasteiger partial charge in [0.05, 0.1) is 19.6 Å². The van der Waals surface area contributed by atoms with Crippen molar-refractivity contribution in [1.82, 2.24) is 10.2 Å². The van der Waals surface area contributed by atoms with Crippen molar-refractivity contribution in [3.63, 3.8) is 0 Å². The van der Waals surface area contributed by atoms with Gasteiger partial charge in [-0.25, -0.2) is 0 Å². The van der Waals surface area contributed by atoms with Crippen LogP contribution in [0.4, 0.5) is 0 Å². The molecule has 2 amide bonds. The summed E-state index contributed by atoms with van der Waals surface area (Å²) in [6, 6.07) is 5.54. The van der Waals surface area contributed by atoms with Crippen LogP contribution in [0.2, 0.25) is 0 Å². The molecule has 1 aliphatic heterocycles. The molecular formula is C19H26N2O4. The quantitative estimate of drug-likeness (QED) is 0.801. The Labute approximate surface area is 148 Å². The molecule has 0 aromatic heterocycles. The lowest BCUT2D eigenvalue weighted by Gasteiger charge is -2.31. The van der Waals surface area contributed by atoms with Gasteiger partial charge in [-0.05, 0) is 43.5 Å². The van der Waals surface area contributed by atoms with Gasteiger partial charge in [0.2, 0.25) is 11.8 Å². The third kappa shape index (κ3) is 4.98. The number of carbonyl (C=O) groups excluding carboxylic acids is 2. The molecule has 6 heteroatoms. The van der Waals surface area contributed by atoms with Crippen molar-refractivity contribution in [2.45, 2.75) is 19.8 Å². The molecule has 25 heavy (non-hydrogen) atoms. The molecule has 0 spiro atoms. The van der Waals surface area contributed by atoms with Crippen molar-refractivity contribution in [1.29, 1.82) is 0 Å². The summed E-state index contributed by atoms with van der Waals surface area (Å²) in [6.07, 6.45) is 4.96. The number of nitrogens with one attached hydrogen (secondary N) is 1. The van der Waals surface area contributed by atoms with E-state index in [2.05, 4.69) is 5.32 Å². The molecule has 2 rings (SSSR count). The lowest BCUT2D eigenvalue weighted by Crippen LogP contribution is -2.44. The fourth-order valence-corrected chi connectivity index (χ4v) is 2.93. The van der Waals surface area contributed by atoms with E-state index in [0.717, 1.165) is 18.4 Å². The Morgan fingerprint density at radius 3 is 2.84 bits per heavy atom. The number of nitrogens with zero attached hydrogens (tertiary/aromatic N) is 1. The van der Waals surface area contributed by atoms with Gasteiger partial charge in [0.25, 0.3) is 0 Å². The second kappa shape index (κ2) is 9.11. The van der Waals surface area contributed by atoms with Crippen LogP contribution in [-0.2, 0) is 9.59 Å². The van der Waals surface area contributed by atoms with E-state index in [1.807, 2.05) is 25.1 Å². The van der Waals surface area contributed by atoms with Crippen LogP contribution >= 0.6 is 0 Å². The predicted molar refractivity (Wildman–Crippen MR) is 96.6 cm³/mol. The molecule has 1 aliphatic rings. The molecule has 1 aromatic carbocycles. The summed E-state index contributed by atoms with van der Waals surface area (Å²) in [5, 5.41) is 2.66. The zero-order valence-corrected chi connectivity index (χ0v) is 15.1. The lowest BCUT2D eigenvalue weighted by atomic mass is 9.97. The number of piperidine rings is 1. The Bertz CT molecular complexity index is 642. The van der Waals surface area contributed by atoms with Crippen LogP contribution in [0.3, 0.4) is 0 Å². The van der Waals surface area contributed by atoms with Gasteiger partial charge in [-0.2, -0.15) is 0 Å². The third-order valence-corrected chi connectivity index (χ3v) is 4.26. The largest absolute Gasteiger partial charge is 0.493 e. The Morgan fingerprint density at radius 1 is 1.36 bits per heavy atom. The predicted octanol–water partition coefficient (Wildman–Crippen LogP) is 2.09. The van der Waals surface area contributed by atoms with Crippen LogP contribution in [0, 0.1) is 5.92 Å².